The lowest BCUT2D eigenvalue weighted by Gasteiger charge is -2.31. The zero-order valence-electron chi connectivity index (χ0n) is 28.1. The molecule has 4 unspecified atom stereocenters. The van der Waals surface area contributed by atoms with Crippen molar-refractivity contribution in [2.24, 2.45) is 59.2 Å². The number of hydrogen-bond donors (Lipinski definition) is 1. The lowest BCUT2D eigenvalue weighted by Crippen LogP contribution is -2.24. The van der Waals surface area contributed by atoms with Crippen molar-refractivity contribution < 1.29 is 13.0 Å². The molecule has 0 fully saturated rings. The second-order valence-electron chi connectivity index (χ2n) is 13.2. The van der Waals surface area contributed by atoms with Crippen LogP contribution in [0.2, 0.25) is 0 Å². The molecular formula is C35H64O3S. The Bertz CT molecular complexity index is 847. The van der Waals surface area contributed by atoms with Crippen LogP contribution in [0, 0.1) is 59.2 Å². The van der Waals surface area contributed by atoms with E-state index in [1.54, 1.807) is 0 Å². The molecule has 2 aromatic rings. The highest BCUT2D eigenvalue weighted by Crippen LogP contribution is 2.31. The molecule has 39 heavy (non-hydrogen) atoms. The number of benzene rings is 2. The summed E-state index contributed by atoms with van der Waals surface area (Å²) in [5, 5.41) is 2.62. The van der Waals surface area contributed by atoms with Gasteiger partial charge in [0.05, 0.1) is 6.26 Å². The lowest BCUT2D eigenvalue weighted by molar-refractivity contribution is 0.184. The Morgan fingerprint density at radius 2 is 0.590 bits per heavy atom. The SMILES string of the molecule is CC(C)C(C)C(C)C(C)C(C)C.CC(C)C(C)C(C)C(C)C(C)C.CS(=O)(=O)O.c1ccc2ccccc2c1. The molecule has 0 radical (unpaired) electrons. The molecule has 1 N–H and O–H groups in total. The lowest BCUT2D eigenvalue weighted by atomic mass is 9.75. The quantitative estimate of drug-likeness (QED) is 0.324. The van der Waals surface area contributed by atoms with Gasteiger partial charge in [0.25, 0.3) is 10.1 Å². The molecule has 0 saturated carbocycles. The summed E-state index contributed by atoms with van der Waals surface area (Å²) < 4.78 is 25.9. The number of hydrogen-bond acceptors (Lipinski definition) is 2. The standard InChI is InChI=1S/2C12H26.C10H8.CH4O3S/c2*1-8(2)10(5)12(7)11(6)9(3)4;1-2-6-10-8-4-3-7-9(10)5-1;1-5(2,3)4/h2*8-12H,1-7H3;1-8H;1H3,(H,2,3,4). The van der Waals surface area contributed by atoms with Gasteiger partial charge in [-0.05, 0) is 70.0 Å². The van der Waals surface area contributed by atoms with Gasteiger partial charge in [-0.2, -0.15) is 8.42 Å². The molecule has 0 heterocycles. The largest absolute Gasteiger partial charge is 0.286 e. The summed E-state index contributed by atoms with van der Waals surface area (Å²) in [5.41, 5.74) is 0. The first kappa shape index (κ1) is 39.8. The Kier molecular flexibility index (Phi) is 20.0. The summed E-state index contributed by atoms with van der Waals surface area (Å²) in [6.45, 7) is 32.9. The van der Waals surface area contributed by atoms with Crippen LogP contribution in [0.15, 0.2) is 48.5 Å². The van der Waals surface area contributed by atoms with Crippen molar-refractivity contribution in [1.82, 2.24) is 0 Å². The highest BCUT2D eigenvalue weighted by molar-refractivity contribution is 7.85. The zero-order valence-corrected chi connectivity index (χ0v) is 28.9. The molecule has 0 spiro atoms. The molecule has 4 atom stereocenters. The molecule has 2 rings (SSSR count). The second-order valence-corrected chi connectivity index (χ2v) is 14.7. The topological polar surface area (TPSA) is 54.4 Å². The van der Waals surface area contributed by atoms with Gasteiger partial charge in [0, 0.05) is 0 Å². The van der Waals surface area contributed by atoms with Crippen molar-refractivity contribution in [3.63, 3.8) is 0 Å². The van der Waals surface area contributed by atoms with Crippen LogP contribution in [0.25, 0.3) is 10.8 Å². The summed E-state index contributed by atoms with van der Waals surface area (Å²) in [6.07, 6.45) is 0.715. The van der Waals surface area contributed by atoms with Gasteiger partial charge in [-0.3, -0.25) is 4.55 Å². The Hall–Kier alpha value is -1.39. The smallest absolute Gasteiger partial charge is 0.261 e. The molecule has 0 bridgehead atoms. The minimum Gasteiger partial charge on any atom is -0.286 e. The monoisotopic (exact) mass is 564 g/mol. The normalized spacial score (nSPS) is 16.2. The van der Waals surface area contributed by atoms with Gasteiger partial charge in [-0.15, -0.1) is 0 Å². The Morgan fingerprint density at radius 3 is 0.718 bits per heavy atom. The molecule has 0 amide bonds. The summed E-state index contributed by atoms with van der Waals surface area (Å²) in [4.78, 5) is 0. The molecule has 4 heteroatoms. The van der Waals surface area contributed by atoms with Gasteiger partial charge in [0.1, 0.15) is 0 Å². The second kappa shape index (κ2) is 19.6. The average Bonchev–Trinajstić information content (AvgIpc) is 2.85. The predicted molar refractivity (Wildman–Crippen MR) is 176 cm³/mol. The van der Waals surface area contributed by atoms with Gasteiger partial charge in [-0.1, -0.05) is 145 Å². The highest BCUT2D eigenvalue weighted by Gasteiger charge is 2.24. The molecule has 3 nitrogen and oxygen atoms in total. The minimum absolute atomic E-state index is 0.715. The van der Waals surface area contributed by atoms with Gasteiger partial charge in [0.2, 0.25) is 0 Å². The Balaban J connectivity index is 0. The van der Waals surface area contributed by atoms with E-state index < -0.39 is 10.1 Å². The maximum Gasteiger partial charge on any atom is 0.261 e. The fourth-order valence-electron chi connectivity index (χ4n) is 4.52. The van der Waals surface area contributed by atoms with E-state index in [2.05, 4.69) is 145 Å². The molecule has 0 aliphatic heterocycles. The number of rotatable bonds is 8. The van der Waals surface area contributed by atoms with Crippen LogP contribution in [-0.4, -0.2) is 19.2 Å². The summed E-state index contributed by atoms with van der Waals surface area (Å²) >= 11 is 0. The van der Waals surface area contributed by atoms with Gasteiger partial charge < -0.3 is 0 Å². The van der Waals surface area contributed by atoms with Crippen molar-refractivity contribution in [3.8, 4) is 0 Å². The van der Waals surface area contributed by atoms with Gasteiger partial charge >= 0.3 is 0 Å². The van der Waals surface area contributed by atoms with Crippen LogP contribution in [0.1, 0.15) is 96.9 Å². The molecule has 0 aliphatic rings. The first-order chi connectivity index (χ1) is 17.7. The van der Waals surface area contributed by atoms with Crippen LogP contribution in [-0.2, 0) is 10.1 Å². The first-order valence-corrected chi connectivity index (χ1v) is 16.9. The fourth-order valence-corrected chi connectivity index (χ4v) is 4.52. The third-order valence-corrected chi connectivity index (χ3v) is 9.18. The Labute approximate surface area is 244 Å². The first-order valence-electron chi connectivity index (χ1n) is 15.1. The Morgan fingerprint density at radius 1 is 0.436 bits per heavy atom. The van der Waals surface area contributed by atoms with E-state index in [9.17, 15) is 8.42 Å². The fraction of sp³-hybridized carbons (Fsp3) is 0.714. The third-order valence-electron chi connectivity index (χ3n) is 9.18. The van der Waals surface area contributed by atoms with Crippen LogP contribution < -0.4 is 0 Å². The predicted octanol–water partition coefficient (Wildman–Crippen LogP) is 10.8. The van der Waals surface area contributed by atoms with Crippen molar-refractivity contribution in [2.75, 3.05) is 6.26 Å². The molecule has 228 valence electrons. The molecule has 0 saturated heterocycles. The maximum absolute atomic E-state index is 9.19. The van der Waals surface area contributed by atoms with E-state index in [-0.39, 0.29) is 0 Å². The molecule has 0 aromatic heterocycles. The third kappa shape index (κ3) is 18.6. The van der Waals surface area contributed by atoms with Crippen LogP contribution in [0.4, 0.5) is 0 Å². The number of fused-ring (bicyclic) bond motifs is 1. The van der Waals surface area contributed by atoms with Crippen molar-refractivity contribution in [3.05, 3.63) is 48.5 Å². The summed E-state index contributed by atoms with van der Waals surface area (Å²) in [6, 6.07) is 16.7. The molecular weight excluding hydrogens is 500 g/mol. The van der Waals surface area contributed by atoms with E-state index in [0.717, 1.165) is 59.2 Å². The van der Waals surface area contributed by atoms with Crippen molar-refractivity contribution >= 4 is 20.9 Å². The van der Waals surface area contributed by atoms with Gasteiger partial charge in [-0.25, -0.2) is 0 Å². The van der Waals surface area contributed by atoms with Crippen molar-refractivity contribution in [2.45, 2.75) is 96.9 Å². The van der Waals surface area contributed by atoms with E-state index in [1.165, 1.54) is 10.8 Å². The van der Waals surface area contributed by atoms with Crippen molar-refractivity contribution in [1.29, 1.82) is 0 Å². The average molecular weight is 565 g/mol. The van der Waals surface area contributed by atoms with E-state index in [0.29, 0.717) is 6.26 Å². The van der Waals surface area contributed by atoms with Crippen LogP contribution >= 0.6 is 0 Å². The minimum atomic E-state index is -3.67. The highest BCUT2D eigenvalue weighted by atomic mass is 32.2. The van der Waals surface area contributed by atoms with Gasteiger partial charge in [0.15, 0.2) is 0 Å². The van der Waals surface area contributed by atoms with Crippen LogP contribution in [0.5, 0.6) is 0 Å². The molecule has 0 aliphatic carbocycles. The summed E-state index contributed by atoms with van der Waals surface area (Å²) in [7, 11) is -3.67. The molecule has 2 aromatic carbocycles. The van der Waals surface area contributed by atoms with E-state index >= 15 is 0 Å². The van der Waals surface area contributed by atoms with E-state index in [1.807, 2.05) is 0 Å². The maximum atomic E-state index is 9.19. The summed E-state index contributed by atoms with van der Waals surface area (Å²) in [5.74, 6) is 8.38. The van der Waals surface area contributed by atoms with E-state index in [4.69, 9.17) is 4.55 Å². The van der Waals surface area contributed by atoms with Crippen LogP contribution in [0.3, 0.4) is 0 Å². The zero-order chi connectivity index (χ0) is 31.1.